The third-order valence-corrected chi connectivity index (χ3v) is 5.00. The van der Waals surface area contributed by atoms with Gasteiger partial charge in [-0.15, -0.1) is 11.8 Å². The highest BCUT2D eigenvalue weighted by Gasteiger charge is 2.52. The van der Waals surface area contributed by atoms with Crippen molar-refractivity contribution in [2.45, 2.75) is 11.4 Å². The minimum absolute atomic E-state index is 0.0764. The first kappa shape index (κ1) is 18.1. The van der Waals surface area contributed by atoms with Gasteiger partial charge in [-0.05, 0) is 18.2 Å². The van der Waals surface area contributed by atoms with E-state index in [0.29, 0.717) is 11.5 Å². The summed E-state index contributed by atoms with van der Waals surface area (Å²) < 4.78 is 10.4. The highest BCUT2D eigenvalue weighted by Crippen LogP contribution is 2.37. The number of carbonyl (C=O) groups excluding carboxylic acids is 3. The summed E-state index contributed by atoms with van der Waals surface area (Å²) in [5, 5.41) is 2.35. The molecule has 0 aliphatic carbocycles. The molecule has 0 aromatic heterocycles. The molecular formula is C18H18N2O5S. The molecule has 2 atom stereocenters. The van der Waals surface area contributed by atoms with Gasteiger partial charge in [0.05, 0.1) is 0 Å². The van der Waals surface area contributed by atoms with Crippen LogP contribution in [0.4, 0.5) is 0 Å². The van der Waals surface area contributed by atoms with Gasteiger partial charge in [0.2, 0.25) is 0 Å². The lowest BCUT2D eigenvalue weighted by Gasteiger charge is -2.48. The molecule has 0 radical (unpaired) electrons. The highest BCUT2D eigenvalue weighted by molar-refractivity contribution is 8.00. The zero-order chi connectivity index (χ0) is 18.5. The smallest absolute Gasteiger partial charge is 0.355 e. The number of hydrogen-bond acceptors (Lipinski definition) is 6. The maximum Gasteiger partial charge on any atom is 0.355 e. The normalized spacial score (nSPS) is 21.0. The Hall–Kier alpha value is -2.74. The molecule has 8 heteroatoms. The molecule has 1 fully saturated rings. The largest absolute Gasteiger partial charge is 0.484 e. The monoisotopic (exact) mass is 374 g/mol. The molecule has 1 aromatic rings. The van der Waals surface area contributed by atoms with Crippen molar-refractivity contribution >= 4 is 29.5 Å². The molecule has 2 unspecified atom stereocenters. The zero-order valence-electron chi connectivity index (χ0n) is 13.9. The Balaban J connectivity index is 1.54. The SMILES string of the molecule is C=CCOC(=O)C1=CCSC2C(NC(=O)COc3ccccc3)C(=O)N12. The fourth-order valence-electron chi connectivity index (χ4n) is 2.62. The molecule has 1 aromatic carbocycles. The van der Waals surface area contributed by atoms with Gasteiger partial charge in [0.1, 0.15) is 29.5 Å². The number of rotatable bonds is 7. The number of esters is 1. The number of carbonyl (C=O) groups is 3. The maximum absolute atomic E-state index is 12.4. The van der Waals surface area contributed by atoms with Crippen molar-refractivity contribution < 1.29 is 23.9 Å². The fourth-order valence-corrected chi connectivity index (χ4v) is 3.81. The van der Waals surface area contributed by atoms with Crippen molar-refractivity contribution in [2.75, 3.05) is 19.0 Å². The van der Waals surface area contributed by atoms with E-state index >= 15 is 0 Å². The molecule has 136 valence electrons. The van der Waals surface area contributed by atoms with Crippen molar-refractivity contribution in [3.05, 3.63) is 54.8 Å². The van der Waals surface area contributed by atoms with Crippen LogP contribution in [-0.4, -0.2) is 53.1 Å². The van der Waals surface area contributed by atoms with Crippen LogP contribution in [0.15, 0.2) is 54.8 Å². The number of amides is 2. The van der Waals surface area contributed by atoms with Crippen LogP contribution < -0.4 is 10.1 Å². The van der Waals surface area contributed by atoms with Crippen LogP contribution in [-0.2, 0) is 19.1 Å². The van der Waals surface area contributed by atoms with Gasteiger partial charge in [-0.2, -0.15) is 0 Å². The second kappa shape index (κ2) is 8.09. The summed E-state index contributed by atoms with van der Waals surface area (Å²) in [5.41, 5.74) is 0.214. The average Bonchev–Trinajstić information content (AvgIpc) is 2.68. The molecule has 2 aliphatic rings. The summed E-state index contributed by atoms with van der Waals surface area (Å²) in [6, 6.07) is 8.26. The molecule has 3 rings (SSSR count). The third-order valence-electron chi connectivity index (χ3n) is 3.82. The zero-order valence-corrected chi connectivity index (χ0v) is 14.7. The predicted octanol–water partition coefficient (Wildman–Crippen LogP) is 1.08. The molecule has 2 aliphatic heterocycles. The fraction of sp³-hybridized carbons (Fsp3) is 0.278. The molecule has 2 heterocycles. The summed E-state index contributed by atoms with van der Waals surface area (Å²) in [5.74, 6) is -0.165. The van der Waals surface area contributed by atoms with E-state index in [9.17, 15) is 14.4 Å². The van der Waals surface area contributed by atoms with Crippen LogP contribution in [0.3, 0.4) is 0 Å². The van der Waals surface area contributed by atoms with Gasteiger partial charge in [-0.1, -0.05) is 30.9 Å². The van der Waals surface area contributed by atoms with Crippen LogP contribution in [0.1, 0.15) is 0 Å². The average molecular weight is 374 g/mol. The van der Waals surface area contributed by atoms with E-state index in [1.54, 1.807) is 30.3 Å². The minimum Gasteiger partial charge on any atom is -0.484 e. The second-order valence-electron chi connectivity index (χ2n) is 5.56. The first-order chi connectivity index (χ1) is 12.6. The Morgan fingerprint density at radius 1 is 1.35 bits per heavy atom. The number of benzene rings is 1. The summed E-state index contributed by atoms with van der Waals surface area (Å²) in [6.45, 7) is 3.38. The van der Waals surface area contributed by atoms with E-state index in [4.69, 9.17) is 9.47 Å². The van der Waals surface area contributed by atoms with Gasteiger partial charge in [0.25, 0.3) is 11.8 Å². The standard InChI is InChI=1S/C18H18N2O5S/c1-2-9-24-18(23)13-8-10-26-17-15(16(22)20(13)17)19-14(21)11-25-12-6-4-3-5-7-12/h2-8,15,17H,1,9-11H2,(H,19,21). The number of fused-ring (bicyclic) bond motifs is 1. The van der Waals surface area contributed by atoms with Crippen LogP contribution in [0, 0.1) is 0 Å². The topological polar surface area (TPSA) is 84.9 Å². The third kappa shape index (κ3) is 3.75. The number of ether oxygens (including phenoxy) is 2. The first-order valence-electron chi connectivity index (χ1n) is 8.02. The lowest BCUT2D eigenvalue weighted by atomic mass is 10.1. The first-order valence-corrected chi connectivity index (χ1v) is 9.06. The molecular weight excluding hydrogens is 356 g/mol. The molecule has 0 spiro atoms. The quantitative estimate of drug-likeness (QED) is 0.437. The van der Waals surface area contributed by atoms with E-state index in [-0.39, 0.29) is 30.2 Å². The van der Waals surface area contributed by atoms with Crippen molar-refractivity contribution in [1.29, 1.82) is 0 Å². The number of thioether (sulfide) groups is 1. The van der Waals surface area contributed by atoms with Crippen molar-refractivity contribution in [1.82, 2.24) is 10.2 Å². The van der Waals surface area contributed by atoms with Crippen LogP contribution in [0.2, 0.25) is 0 Å². The molecule has 1 saturated heterocycles. The van der Waals surface area contributed by atoms with Crippen LogP contribution in [0.5, 0.6) is 5.75 Å². The number of β-lactam (4-membered cyclic amide) rings is 1. The summed E-state index contributed by atoms with van der Waals surface area (Å²) in [4.78, 5) is 37.8. The minimum atomic E-state index is -0.678. The molecule has 2 amide bonds. The van der Waals surface area contributed by atoms with E-state index in [1.807, 2.05) is 6.07 Å². The van der Waals surface area contributed by atoms with Crippen LogP contribution >= 0.6 is 11.8 Å². The van der Waals surface area contributed by atoms with Crippen LogP contribution in [0.25, 0.3) is 0 Å². The van der Waals surface area contributed by atoms with Gasteiger partial charge in [0, 0.05) is 5.75 Å². The van der Waals surface area contributed by atoms with E-state index < -0.39 is 17.9 Å². The van der Waals surface area contributed by atoms with E-state index in [1.165, 1.54) is 22.7 Å². The highest BCUT2D eigenvalue weighted by atomic mass is 32.2. The Morgan fingerprint density at radius 2 is 2.12 bits per heavy atom. The van der Waals surface area contributed by atoms with Crippen molar-refractivity contribution in [3.8, 4) is 5.75 Å². The molecule has 26 heavy (non-hydrogen) atoms. The lowest BCUT2D eigenvalue weighted by molar-refractivity contribution is -0.152. The van der Waals surface area contributed by atoms with E-state index in [2.05, 4.69) is 11.9 Å². The number of para-hydroxylation sites is 1. The van der Waals surface area contributed by atoms with Crippen molar-refractivity contribution in [2.24, 2.45) is 0 Å². The Morgan fingerprint density at radius 3 is 2.85 bits per heavy atom. The number of hydrogen-bond donors (Lipinski definition) is 1. The molecule has 0 saturated carbocycles. The number of nitrogens with zero attached hydrogens (tertiary/aromatic N) is 1. The molecule has 0 bridgehead atoms. The summed E-state index contributed by atoms with van der Waals surface area (Å²) in [7, 11) is 0. The van der Waals surface area contributed by atoms with Gasteiger partial charge in [-0.3, -0.25) is 14.5 Å². The van der Waals surface area contributed by atoms with E-state index in [0.717, 1.165) is 0 Å². The van der Waals surface area contributed by atoms with Gasteiger partial charge >= 0.3 is 5.97 Å². The summed E-state index contributed by atoms with van der Waals surface area (Å²) >= 11 is 1.47. The Kier molecular flexibility index (Phi) is 5.62. The lowest BCUT2D eigenvalue weighted by Crippen LogP contribution is -2.70. The van der Waals surface area contributed by atoms with Crippen molar-refractivity contribution in [3.63, 3.8) is 0 Å². The summed E-state index contributed by atoms with van der Waals surface area (Å²) in [6.07, 6.45) is 3.11. The Labute approximate surface area is 155 Å². The van der Waals surface area contributed by atoms with Gasteiger partial charge in [-0.25, -0.2) is 4.79 Å². The number of nitrogens with one attached hydrogen (secondary N) is 1. The Bertz CT molecular complexity index is 749. The van der Waals surface area contributed by atoms with Gasteiger partial charge in [0.15, 0.2) is 6.61 Å². The second-order valence-corrected chi connectivity index (χ2v) is 6.71. The maximum atomic E-state index is 12.4. The molecule has 1 N–H and O–H groups in total. The molecule has 7 nitrogen and oxygen atoms in total. The predicted molar refractivity (Wildman–Crippen MR) is 96.2 cm³/mol. The van der Waals surface area contributed by atoms with Gasteiger partial charge < -0.3 is 14.8 Å².